The van der Waals surface area contributed by atoms with Crippen LogP contribution in [0.2, 0.25) is 0 Å². The van der Waals surface area contributed by atoms with Crippen molar-refractivity contribution in [3.05, 3.63) is 36.0 Å². The van der Waals surface area contributed by atoms with Gasteiger partial charge in [0.1, 0.15) is 5.82 Å². The SMILES string of the molecule is CC(C)C(c1nc(-c2ccc(F)cc2)no1)C(C)N. The Balaban J connectivity index is 2.30. The van der Waals surface area contributed by atoms with Gasteiger partial charge in [-0.3, -0.25) is 0 Å². The predicted octanol–water partition coefficient (Wildman–Crippen LogP) is 2.96. The van der Waals surface area contributed by atoms with Crippen LogP contribution in [0, 0.1) is 11.7 Å². The Morgan fingerprint density at radius 2 is 1.79 bits per heavy atom. The van der Waals surface area contributed by atoms with Gasteiger partial charge in [0.05, 0.1) is 5.92 Å². The van der Waals surface area contributed by atoms with Crippen LogP contribution >= 0.6 is 0 Å². The van der Waals surface area contributed by atoms with Crippen molar-refractivity contribution in [3.8, 4) is 11.4 Å². The van der Waals surface area contributed by atoms with Crippen LogP contribution in [-0.4, -0.2) is 16.2 Å². The Labute approximate surface area is 111 Å². The molecule has 0 spiro atoms. The van der Waals surface area contributed by atoms with Gasteiger partial charge >= 0.3 is 0 Å². The molecule has 19 heavy (non-hydrogen) atoms. The van der Waals surface area contributed by atoms with Gasteiger partial charge in [-0.1, -0.05) is 19.0 Å². The molecule has 2 unspecified atom stereocenters. The summed E-state index contributed by atoms with van der Waals surface area (Å²) < 4.78 is 18.2. The lowest BCUT2D eigenvalue weighted by molar-refractivity contribution is 0.300. The molecule has 2 rings (SSSR count). The van der Waals surface area contributed by atoms with Gasteiger partial charge in [-0.25, -0.2) is 4.39 Å². The maximum absolute atomic E-state index is 12.9. The second-order valence-corrected chi connectivity index (χ2v) is 5.09. The Kier molecular flexibility index (Phi) is 3.95. The topological polar surface area (TPSA) is 64.9 Å². The molecule has 0 aliphatic rings. The zero-order chi connectivity index (χ0) is 14.0. The summed E-state index contributed by atoms with van der Waals surface area (Å²) in [6, 6.07) is 5.93. The molecular weight excluding hydrogens is 245 g/mol. The third-order valence-corrected chi connectivity index (χ3v) is 3.11. The molecular formula is C14H18FN3O. The highest BCUT2D eigenvalue weighted by Gasteiger charge is 2.26. The van der Waals surface area contributed by atoms with Gasteiger partial charge in [-0.2, -0.15) is 4.98 Å². The van der Waals surface area contributed by atoms with E-state index in [2.05, 4.69) is 24.0 Å². The number of nitrogens with zero attached hydrogens (tertiary/aromatic N) is 2. The lowest BCUT2D eigenvalue weighted by Gasteiger charge is -2.20. The number of nitrogens with two attached hydrogens (primary N) is 1. The molecule has 2 atom stereocenters. The molecule has 0 aliphatic carbocycles. The molecule has 4 nitrogen and oxygen atoms in total. The first-order valence-corrected chi connectivity index (χ1v) is 6.34. The number of hydrogen-bond acceptors (Lipinski definition) is 4. The fourth-order valence-corrected chi connectivity index (χ4v) is 2.20. The highest BCUT2D eigenvalue weighted by molar-refractivity contribution is 5.53. The number of aromatic nitrogens is 2. The summed E-state index contributed by atoms with van der Waals surface area (Å²) >= 11 is 0. The summed E-state index contributed by atoms with van der Waals surface area (Å²) in [4.78, 5) is 4.37. The summed E-state index contributed by atoms with van der Waals surface area (Å²) in [6.45, 7) is 6.05. The molecule has 2 N–H and O–H groups in total. The van der Waals surface area contributed by atoms with E-state index in [0.29, 0.717) is 17.6 Å². The maximum atomic E-state index is 12.9. The average molecular weight is 263 g/mol. The Morgan fingerprint density at radius 1 is 1.16 bits per heavy atom. The summed E-state index contributed by atoms with van der Waals surface area (Å²) in [5, 5.41) is 3.94. The molecule has 0 aliphatic heterocycles. The number of hydrogen-bond donors (Lipinski definition) is 1. The summed E-state index contributed by atoms with van der Waals surface area (Å²) in [6.07, 6.45) is 0. The number of halogens is 1. The van der Waals surface area contributed by atoms with Crippen LogP contribution in [0.25, 0.3) is 11.4 Å². The lowest BCUT2D eigenvalue weighted by Crippen LogP contribution is -2.28. The molecule has 5 heteroatoms. The Bertz CT molecular complexity index is 526. The molecule has 1 heterocycles. The fraction of sp³-hybridized carbons (Fsp3) is 0.429. The van der Waals surface area contributed by atoms with Gasteiger partial charge in [0.2, 0.25) is 11.7 Å². The monoisotopic (exact) mass is 263 g/mol. The van der Waals surface area contributed by atoms with Crippen molar-refractivity contribution in [2.24, 2.45) is 11.7 Å². The van der Waals surface area contributed by atoms with E-state index in [1.807, 2.05) is 6.92 Å². The highest BCUT2D eigenvalue weighted by atomic mass is 19.1. The first kappa shape index (κ1) is 13.7. The fourth-order valence-electron chi connectivity index (χ4n) is 2.20. The van der Waals surface area contributed by atoms with E-state index >= 15 is 0 Å². The average Bonchev–Trinajstić information content (AvgIpc) is 2.78. The van der Waals surface area contributed by atoms with Crippen molar-refractivity contribution in [2.75, 3.05) is 0 Å². The van der Waals surface area contributed by atoms with Gasteiger partial charge in [0.25, 0.3) is 0 Å². The first-order valence-electron chi connectivity index (χ1n) is 6.34. The van der Waals surface area contributed by atoms with Crippen molar-refractivity contribution in [2.45, 2.75) is 32.7 Å². The smallest absolute Gasteiger partial charge is 0.231 e. The van der Waals surface area contributed by atoms with Gasteiger partial charge in [-0.05, 0) is 37.1 Å². The second-order valence-electron chi connectivity index (χ2n) is 5.09. The molecule has 0 radical (unpaired) electrons. The second kappa shape index (κ2) is 5.48. The molecule has 0 saturated carbocycles. The van der Waals surface area contributed by atoms with Crippen LogP contribution in [-0.2, 0) is 0 Å². The predicted molar refractivity (Wildman–Crippen MR) is 70.9 cm³/mol. The summed E-state index contributed by atoms with van der Waals surface area (Å²) in [5.41, 5.74) is 6.69. The third-order valence-electron chi connectivity index (χ3n) is 3.11. The minimum absolute atomic E-state index is 0.0155. The Hall–Kier alpha value is -1.75. The van der Waals surface area contributed by atoms with Crippen molar-refractivity contribution < 1.29 is 8.91 Å². The van der Waals surface area contributed by atoms with E-state index in [1.54, 1.807) is 12.1 Å². The van der Waals surface area contributed by atoms with Gasteiger partial charge in [0, 0.05) is 11.6 Å². The minimum atomic E-state index is -0.289. The summed E-state index contributed by atoms with van der Waals surface area (Å²) in [5.74, 6) is 1.02. The molecule has 1 aromatic heterocycles. The number of rotatable bonds is 4. The molecule has 0 saturated heterocycles. The van der Waals surface area contributed by atoms with Crippen LogP contribution in [0.4, 0.5) is 4.39 Å². The van der Waals surface area contributed by atoms with E-state index in [4.69, 9.17) is 10.3 Å². The third kappa shape index (κ3) is 2.98. The molecule has 1 aromatic carbocycles. The quantitative estimate of drug-likeness (QED) is 0.921. The minimum Gasteiger partial charge on any atom is -0.339 e. The maximum Gasteiger partial charge on any atom is 0.231 e. The largest absolute Gasteiger partial charge is 0.339 e. The van der Waals surface area contributed by atoms with Crippen LogP contribution in [0.1, 0.15) is 32.6 Å². The van der Waals surface area contributed by atoms with Crippen LogP contribution < -0.4 is 5.73 Å². The van der Waals surface area contributed by atoms with Crippen molar-refractivity contribution >= 4 is 0 Å². The van der Waals surface area contributed by atoms with E-state index < -0.39 is 0 Å². The molecule has 0 bridgehead atoms. The van der Waals surface area contributed by atoms with E-state index in [1.165, 1.54) is 12.1 Å². The lowest BCUT2D eigenvalue weighted by atomic mass is 9.90. The normalized spacial score (nSPS) is 14.6. The van der Waals surface area contributed by atoms with E-state index in [9.17, 15) is 4.39 Å². The van der Waals surface area contributed by atoms with Crippen LogP contribution in [0.5, 0.6) is 0 Å². The van der Waals surface area contributed by atoms with Gasteiger partial charge < -0.3 is 10.3 Å². The van der Waals surface area contributed by atoms with Gasteiger partial charge in [0.15, 0.2) is 0 Å². The van der Waals surface area contributed by atoms with Crippen molar-refractivity contribution in [3.63, 3.8) is 0 Å². The zero-order valence-corrected chi connectivity index (χ0v) is 11.3. The van der Waals surface area contributed by atoms with Crippen molar-refractivity contribution in [1.82, 2.24) is 10.1 Å². The van der Waals surface area contributed by atoms with Crippen LogP contribution in [0.3, 0.4) is 0 Å². The molecule has 102 valence electrons. The standard InChI is InChI=1S/C14H18FN3O/c1-8(2)12(9(3)16)14-17-13(18-19-14)10-4-6-11(15)7-5-10/h4-9,12H,16H2,1-3H3. The van der Waals surface area contributed by atoms with E-state index in [-0.39, 0.29) is 17.8 Å². The Morgan fingerprint density at radius 3 is 2.32 bits per heavy atom. The summed E-state index contributed by atoms with van der Waals surface area (Å²) in [7, 11) is 0. The number of benzene rings is 1. The zero-order valence-electron chi connectivity index (χ0n) is 11.3. The molecule has 0 amide bonds. The van der Waals surface area contributed by atoms with Crippen LogP contribution in [0.15, 0.2) is 28.8 Å². The van der Waals surface area contributed by atoms with Crippen molar-refractivity contribution in [1.29, 1.82) is 0 Å². The highest BCUT2D eigenvalue weighted by Crippen LogP contribution is 2.27. The first-order chi connectivity index (χ1) is 8.99. The molecule has 2 aromatic rings. The molecule has 0 fully saturated rings. The van der Waals surface area contributed by atoms with Gasteiger partial charge in [-0.15, -0.1) is 0 Å². The van der Waals surface area contributed by atoms with E-state index in [0.717, 1.165) is 5.56 Å².